The van der Waals surface area contributed by atoms with Crippen molar-refractivity contribution in [2.45, 2.75) is 19.4 Å². The van der Waals surface area contributed by atoms with Gasteiger partial charge in [0.25, 0.3) is 5.91 Å². The lowest BCUT2D eigenvalue weighted by Gasteiger charge is -2.29. The summed E-state index contributed by atoms with van der Waals surface area (Å²) in [6.45, 7) is 2.70. The molecule has 106 valence electrons. The van der Waals surface area contributed by atoms with Crippen molar-refractivity contribution < 1.29 is 14.6 Å². The van der Waals surface area contributed by atoms with Crippen LogP contribution in [-0.2, 0) is 4.79 Å². The van der Waals surface area contributed by atoms with E-state index in [4.69, 9.17) is 10.3 Å². The molecule has 0 spiro atoms. The van der Waals surface area contributed by atoms with Crippen LogP contribution in [0.1, 0.15) is 25.0 Å². The molecule has 1 unspecified atom stereocenters. The van der Waals surface area contributed by atoms with Crippen molar-refractivity contribution in [1.82, 2.24) is 0 Å². The van der Waals surface area contributed by atoms with Crippen LogP contribution < -0.4 is 9.64 Å². The first-order valence-corrected chi connectivity index (χ1v) is 6.43. The maximum absolute atomic E-state index is 11.8. The third-order valence-corrected chi connectivity index (χ3v) is 3.19. The second-order valence-corrected chi connectivity index (χ2v) is 4.41. The number of amides is 1. The highest BCUT2D eigenvalue weighted by molar-refractivity contribution is 5.97. The van der Waals surface area contributed by atoms with Gasteiger partial charge in [-0.25, -0.2) is 0 Å². The van der Waals surface area contributed by atoms with Crippen LogP contribution >= 0.6 is 0 Å². The lowest BCUT2D eigenvalue weighted by atomic mass is 10.0. The molecule has 1 atom stereocenters. The number of aliphatic hydroxyl groups excluding tert-OH is 1. The normalized spacial score (nSPS) is 15.1. The molecule has 0 saturated heterocycles. The highest BCUT2D eigenvalue weighted by Crippen LogP contribution is 2.34. The second kappa shape index (κ2) is 6.27. The Kier molecular flexibility index (Phi) is 4.45. The van der Waals surface area contributed by atoms with Gasteiger partial charge in [-0.3, -0.25) is 4.79 Å². The number of nitrogens with zero attached hydrogens (tertiary/aromatic N) is 4. The van der Waals surface area contributed by atoms with Gasteiger partial charge in [-0.15, -0.1) is 0 Å². The predicted octanol–water partition coefficient (Wildman–Crippen LogP) is 2.17. The number of hydrogen-bond donors (Lipinski definition) is 1. The van der Waals surface area contributed by atoms with Gasteiger partial charge >= 0.3 is 0 Å². The monoisotopic (exact) mass is 276 g/mol. The summed E-state index contributed by atoms with van der Waals surface area (Å²) in [7, 11) is 0. The van der Waals surface area contributed by atoms with E-state index in [0.717, 1.165) is 0 Å². The van der Waals surface area contributed by atoms with Crippen molar-refractivity contribution in [3.63, 3.8) is 0 Å². The number of aliphatic hydroxyl groups is 1. The van der Waals surface area contributed by atoms with E-state index in [0.29, 0.717) is 30.0 Å². The van der Waals surface area contributed by atoms with E-state index < -0.39 is 6.10 Å². The van der Waals surface area contributed by atoms with Gasteiger partial charge in [-0.1, -0.05) is 11.2 Å². The van der Waals surface area contributed by atoms with Crippen LogP contribution in [0.25, 0.3) is 10.4 Å². The summed E-state index contributed by atoms with van der Waals surface area (Å²) in [4.78, 5) is 16.0. The average Bonchev–Trinajstić information content (AvgIpc) is 2.46. The predicted molar refractivity (Wildman–Crippen MR) is 73.6 cm³/mol. The number of fused-ring (bicyclic) bond motifs is 1. The van der Waals surface area contributed by atoms with Gasteiger partial charge in [-0.2, -0.15) is 0 Å². The maximum atomic E-state index is 11.8. The van der Waals surface area contributed by atoms with Gasteiger partial charge < -0.3 is 14.7 Å². The van der Waals surface area contributed by atoms with Gasteiger partial charge in [0.2, 0.25) is 0 Å². The molecule has 0 fully saturated rings. The SMILES string of the molecule is CCN1C(=O)COc2ccc(C(O)CCN=[N+]=[N-])cc21. The Morgan fingerprint density at radius 1 is 1.60 bits per heavy atom. The summed E-state index contributed by atoms with van der Waals surface area (Å²) in [5, 5.41) is 13.4. The zero-order valence-corrected chi connectivity index (χ0v) is 11.2. The quantitative estimate of drug-likeness (QED) is 0.506. The molecule has 1 aromatic carbocycles. The smallest absolute Gasteiger partial charge is 0.265 e. The van der Waals surface area contributed by atoms with Crippen LogP contribution in [0.3, 0.4) is 0 Å². The van der Waals surface area contributed by atoms with Gasteiger partial charge in [0.15, 0.2) is 6.61 Å². The minimum absolute atomic E-state index is 0.0413. The number of rotatable bonds is 5. The van der Waals surface area contributed by atoms with Crippen molar-refractivity contribution in [2.24, 2.45) is 5.11 Å². The minimum atomic E-state index is -0.735. The van der Waals surface area contributed by atoms with Crippen LogP contribution in [0.4, 0.5) is 5.69 Å². The number of azide groups is 1. The third kappa shape index (κ3) is 2.84. The molecule has 2 rings (SSSR count). The Balaban J connectivity index is 2.23. The maximum Gasteiger partial charge on any atom is 0.265 e. The molecule has 1 aliphatic heterocycles. The van der Waals surface area contributed by atoms with E-state index in [2.05, 4.69) is 10.0 Å². The van der Waals surface area contributed by atoms with Crippen molar-refractivity contribution in [3.05, 3.63) is 34.2 Å². The van der Waals surface area contributed by atoms with Gasteiger partial charge in [0.1, 0.15) is 5.75 Å². The topological polar surface area (TPSA) is 98.5 Å². The fourth-order valence-electron chi connectivity index (χ4n) is 2.16. The summed E-state index contributed by atoms with van der Waals surface area (Å²) in [5.41, 5.74) is 9.56. The molecular weight excluding hydrogens is 260 g/mol. The van der Waals surface area contributed by atoms with E-state index in [1.807, 2.05) is 6.92 Å². The molecule has 0 radical (unpaired) electrons. The van der Waals surface area contributed by atoms with Crippen molar-refractivity contribution in [2.75, 3.05) is 24.6 Å². The van der Waals surface area contributed by atoms with E-state index in [1.165, 1.54) is 0 Å². The number of benzene rings is 1. The second-order valence-electron chi connectivity index (χ2n) is 4.41. The Morgan fingerprint density at radius 2 is 2.40 bits per heavy atom. The summed E-state index contributed by atoms with van der Waals surface area (Å²) < 4.78 is 5.36. The fraction of sp³-hybridized carbons (Fsp3) is 0.462. The van der Waals surface area contributed by atoms with Crippen LogP contribution in [0, 0.1) is 0 Å². The first kappa shape index (κ1) is 14.2. The highest BCUT2D eigenvalue weighted by atomic mass is 16.5. The molecule has 7 nitrogen and oxygen atoms in total. The molecule has 1 aromatic rings. The molecule has 1 heterocycles. The Bertz CT molecular complexity index is 555. The Morgan fingerprint density at radius 3 is 3.10 bits per heavy atom. The van der Waals surface area contributed by atoms with Crippen molar-refractivity contribution >= 4 is 11.6 Å². The molecule has 1 N–H and O–H groups in total. The number of ether oxygens (including phenoxy) is 1. The van der Waals surface area contributed by atoms with Crippen LogP contribution in [0.2, 0.25) is 0 Å². The number of carbonyl (C=O) groups is 1. The zero-order valence-electron chi connectivity index (χ0n) is 11.2. The van der Waals surface area contributed by atoms with E-state index in [1.54, 1.807) is 23.1 Å². The van der Waals surface area contributed by atoms with E-state index in [9.17, 15) is 9.90 Å². The largest absolute Gasteiger partial charge is 0.482 e. The molecule has 0 aromatic heterocycles. The average molecular weight is 276 g/mol. The summed E-state index contributed by atoms with van der Waals surface area (Å²) in [5.74, 6) is 0.540. The Hall–Kier alpha value is -2.24. The molecule has 0 saturated carbocycles. The third-order valence-electron chi connectivity index (χ3n) is 3.19. The van der Waals surface area contributed by atoms with Crippen molar-refractivity contribution in [1.29, 1.82) is 0 Å². The first-order chi connectivity index (χ1) is 9.67. The Labute approximate surface area is 116 Å². The molecule has 1 aliphatic rings. The van der Waals surface area contributed by atoms with E-state index in [-0.39, 0.29) is 19.1 Å². The van der Waals surface area contributed by atoms with E-state index >= 15 is 0 Å². The highest BCUT2D eigenvalue weighted by Gasteiger charge is 2.25. The molecule has 0 aliphatic carbocycles. The summed E-state index contributed by atoms with van der Waals surface area (Å²) in [6.07, 6.45) is -0.398. The van der Waals surface area contributed by atoms with Crippen LogP contribution in [0.15, 0.2) is 23.3 Å². The zero-order chi connectivity index (χ0) is 14.5. The lowest BCUT2D eigenvalue weighted by Crippen LogP contribution is -2.38. The van der Waals surface area contributed by atoms with Crippen LogP contribution in [0.5, 0.6) is 5.75 Å². The minimum Gasteiger partial charge on any atom is -0.482 e. The first-order valence-electron chi connectivity index (χ1n) is 6.43. The number of carbonyl (C=O) groups excluding carboxylic acids is 1. The molecule has 0 bridgehead atoms. The van der Waals surface area contributed by atoms with Crippen molar-refractivity contribution in [3.8, 4) is 5.75 Å². The van der Waals surface area contributed by atoms with Gasteiger partial charge in [0.05, 0.1) is 11.8 Å². The lowest BCUT2D eigenvalue weighted by molar-refractivity contribution is -0.121. The summed E-state index contributed by atoms with van der Waals surface area (Å²) in [6, 6.07) is 5.25. The molecular formula is C13H16N4O3. The van der Waals surface area contributed by atoms with Crippen LogP contribution in [-0.4, -0.2) is 30.7 Å². The van der Waals surface area contributed by atoms with Gasteiger partial charge in [0, 0.05) is 18.0 Å². The number of likely N-dealkylation sites (N-methyl/N-ethyl adjacent to an activating group) is 1. The standard InChI is InChI=1S/C13H16N4O3/c1-2-17-10-7-9(11(18)5-6-15-16-14)3-4-12(10)20-8-13(17)19/h3-4,7,11,18H,2,5-6,8H2,1H3. The number of anilines is 1. The molecule has 1 amide bonds. The number of hydrogen-bond acceptors (Lipinski definition) is 4. The fourth-order valence-corrected chi connectivity index (χ4v) is 2.16. The molecule has 7 heteroatoms. The summed E-state index contributed by atoms with van der Waals surface area (Å²) >= 11 is 0. The molecule has 20 heavy (non-hydrogen) atoms. The van der Waals surface area contributed by atoms with Gasteiger partial charge in [-0.05, 0) is 36.6 Å².